The minimum atomic E-state index is -3.52. The molecule has 2 saturated heterocycles. The first kappa shape index (κ1) is 24.0. The zero-order chi connectivity index (χ0) is 22.3. The minimum absolute atomic E-state index is 0.00732. The van der Waals surface area contributed by atoms with Crippen molar-refractivity contribution in [2.75, 3.05) is 38.0 Å². The maximum Gasteiger partial charge on any atom is 0.322 e. The fraction of sp³-hybridized carbons (Fsp3) is 0.714. The van der Waals surface area contributed by atoms with Crippen LogP contribution < -0.4 is 10.6 Å². The molecule has 2 fully saturated rings. The lowest BCUT2D eigenvalue weighted by Crippen LogP contribution is -2.47. The number of likely N-dealkylation sites (tertiary alicyclic amines) is 1. The van der Waals surface area contributed by atoms with Crippen molar-refractivity contribution >= 4 is 38.3 Å². The van der Waals surface area contributed by atoms with E-state index >= 15 is 0 Å². The monoisotopic (exact) mass is 470 g/mol. The highest BCUT2D eigenvalue weighted by molar-refractivity contribution is 7.91. The predicted octanol–water partition coefficient (Wildman–Crippen LogP) is 3.47. The summed E-state index contributed by atoms with van der Waals surface area (Å²) >= 11 is 1.09. The van der Waals surface area contributed by atoms with E-state index in [9.17, 15) is 18.0 Å². The van der Waals surface area contributed by atoms with Gasteiger partial charge in [0, 0.05) is 32.7 Å². The number of hydrogen-bond donors (Lipinski definition) is 2. The van der Waals surface area contributed by atoms with Crippen molar-refractivity contribution in [1.29, 1.82) is 0 Å². The zero-order valence-corrected chi connectivity index (χ0v) is 19.9. The Morgan fingerprint density at radius 3 is 2.55 bits per heavy atom. The Morgan fingerprint density at radius 1 is 1.10 bits per heavy atom. The number of rotatable bonds is 7. The highest BCUT2D eigenvalue weighted by Crippen LogP contribution is 2.30. The second kappa shape index (κ2) is 11.3. The van der Waals surface area contributed by atoms with Crippen LogP contribution in [-0.4, -0.2) is 62.3 Å². The number of unbranched alkanes of at least 4 members (excludes halogenated alkanes) is 1. The van der Waals surface area contributed by atoms with Crippen LogP contribution in [0.5, 0.6) is 0 Å². The highest BCUT2D eigenvalue weighted by atomic mass is 32.2. The van der Waals surface area contributed by atoms with Gasteiger partial charge in [-0.05, 0) is 44.2 Å². The first-order valence-electron chi connectivity index (χ1n) is 11.4. The van der Waals surface area contributed by atoms with E-state index in [0.29, 0.717) is 37.7 Å². The van der Waals surface area contributed by atoms with Crippen LogP contribution in [0.4, 0.5) is 9.80 Å². The van der Waals surface area contributed by atoms with Crippen molar-refractivity contribution in [3.8, 4) is 0 Å². The zero-order valence-electron chi connectivity index (χ0n) is 18.3. The number of anilines is 1. The van der Waals surface area contributed by atoms with Crippen LogP contribution in [0.1, 0.15) is 58.3 Å². The van der Waals surface area contributed by atoms with Gasteiger partial charge in [0.15, 0.2) is 0 Å². The van der Waals surface area contributed by atoms with Crippen LogP contribution in [0, 0.1) is 5.92 Å². The van der Waals surface area contributed by atoms with E-state index in [-0.39, 0.29) is 22.1 Å². The third kappa shape index (κ3) is 6.43. The molecule has 0 saturated carbocycles. The number of urea groups is 1. The van der Waals surface area contributed by atoms with Gasteiger partial charge in [-0.1, -0.05) is 26.2 Å². The molecule has 1 aromatic heterocycles. The number of carbonyl (C=O) groups excluding carboxylic acids is 2. The molecule has 10 heteroatoms. The summed E-state index contributed by atoms with van der Waals surface area (Å²) in [6.45, 7) is 4.83. The molecule has 0 radical (unpaired) electrons. The van der Waals surface area contributed by atoms with Gasteiger partial charge in [-0.2, -0.15) is 4.31 Å². The molecule has 8 nitrogen and oxygen atoms in total. The van der Waals surface area contributed by atoms with Crippen LogP contribution in [-0.2, 0) is 14.8 Å². The average Bonchev–Trinajstić information content (AvgIpc) is 3.06. The number of nitrogens with zero attached hydrogens (tertiary/aromatic N) is 2. The molecule has 3 rings (SSSR count). The SMILES string of the molecule is CCCCNC(=O)[C@@H]1CCCN(C(=O)Nc2ccc(S(=O)(=O)N3CCCCCC3)s2)C1. The van der Waals surface area contributed by atoms with Crippen LogP contribution in [0.15, 0.2) is 16.3 Å². The van der Waals surface area contributed by atoms with Gasteiger partial charge in [-0.15, -0.1) is 11.3 Å². The van der Waals surface area contributed by atoms with E-state index in [0.717, 1.165) is 62.7 Å². The molecule has 1 aromatic rings. The number of sulfonamides is 1. The van der Waals surface area contributed by atoms with Crippen molar-refractivity contribution in [1.82, 2.24) is 14.5 Å². The Labute approximate surface area is 189 Å². The first-order chi connectivity index (χ1) is 14.9. The molecule has 0 aliphatic carbocycles. The molecule has 31 heavy (non-hydrogen) atoms. The summed E-state index contributed by atoms with van der Waals surface area (Å²) in [6, 6.07) is 2.93. The molecule has 0 aromatic carbocycles. The third-order valence-electron chi connectivity index (χ3n) is 5.88. The summed E-state index contributed by atoms with van der Waals surface area (Å²) in [4.78, 5) is 26.7. The summed E-state index contributed by atoms with van der Waals surface area (Å²) in [7, 11) is -3.52. The summed E-state index contributed by atoms with van der Waals surface area (Å²) in [5, 5.41) is 6.28. The van der Waals surface area contributed by atoms with E-state index in [2.05, 4.69) is 17.6 Å². The van der Waals surface area contributed by atoms with E-state index in [1.54, 1.807) is 21.3 Å². The fourth-order valence-corrected chi connectivity index (χ4v) is 6.90. The molecule has 3 heterocycles. The van der Waals surface area contributed by atoms with E-state index in [1.165, 1.54) is 0 Å². The van der Waals surface area contributed by atoms with Crippen LogP contribution in [0.3, 0.4) is 0 Å². The highest BCUT2D eigenvalue weighted by Gasteiger charge is 2.30. The number of nitrogens with one attached hydrogen (secondary N) is 2. The van der Waals surface area contributed by atoms with Gasteiger partial charge in [0.05, 0.1) is 10.9 Å². The molecule has 2 N–H and O–H groups in total. The van der Waals surface area contributed by atoms with Crippen molar-refractivity contribution in [3.05, 3.63) is 12.1 Å². The second-order valence-electron chi connectivity index (χ2n) is 8.30. The summed E-state index contributed by atoms with van der Waals surface area (Å²) < 4.78 is 27.7. The Hall–Kier alpha value is -1.65. The lowest BCUT2D eigenvalue weighted by Gasteiger charge is -2.31. The normalized spacial score (nSPS) is 20.8. The molecule has 0 unspecified atom stereocenters. The Bertz CT molecular complexity index is 847. The molecule has 1 atom stereocenters. The van der Waals surface area contributed by atoms with Gasteiger partial charge in [-0.25, -0.2) is 13.2 Å². The van der Waals surface area contributed by atoms with Gasteiger partial charge in [0.2, 0.25) is 5.91 Å². The van der Waals surface area contributed by atoms with Gasteiger partial charge >= 0.3 is 6.03 Å². The van der Waals surface area contributed by atoms with Gasteiger partial charge in [0.1, 0.15) is 4.21 Å². The Morgan fingerprint density at radius 2 is 1.84 bits per heavy atom. The van der Waals surface area contributed by atoms with Crippen LogP contribution in [0.25, 0.3) is 0 Å². The largest absolute Gasteiger partial charge is 0.356 e. The fourth-order valence-electron chi connectivity index (χ4n) is 4.03. The minimum Gasteiger partial charge on any atom is -0.356 e. The molecule has 174 valence electrons. The molecule has 2 aliphatic heterocycles. The van der Waals surface area contributed by atoms with Gasteiger partial charge < -0.3 is 10.2 Å². The molecular formula is C21H34N4O4S2. The van der Waals surface area contributed by atoms with Gasteiger partial charge in [0.25, 0.3) is 10.0 Å². The topological polar surface area (TPSA) is 98.8 Å². The maximum absolute atomic E-state index is 12.9. The molecule has 3 amide bonds. The lowest BCUT2D eigenvalue weighted by atomic mass is 9.97. The molecular weight excluding hydrogens is 436 g/mol. The molecule has 2 aliphatic rings. The van der Waals surface area contributed by atoms with Crippen LogP contribution >= 0.6 is 11.3 Å². The number of carbonyl (C=O) groups is 2. The van der Waals surface area contributed by atoms with Crippen molar-refractivity contribution in [2.24, 2.45) is 5.92 Å². The molecule has 0 spiro atoms. The summed E-state index contributed by atoms with van der Waals surface area (Å²) in [6.07, 6.45) is 7.42. The predicted molar refractivity (Wildman–Crippen MR) is 123 cm³/mol. The number of hydrogen-bond acceptors (Lipinski definition) is 5. The van der Waals surface area contributed by atoms with E-state index in [1.807, 2.05) is 0 Å². The number of piperidine rings is 1. The smallest absolute Gasteiger partial charge is 0.322 e. The van der Waals surface area contributed by atoms with Crippen molar-refractivity contribution in [2.45, 2.75) is 62.5 Å². The molecule has 0 bridgehead atoms. The van der Waals surface area contributed by atoms with Crippen LogP contribution in [0.2, 0.25) is 0 Å². The lowest BCUT2D eigenvalue weighted by molar-refractivity contribution is -0.126. The maximum atomic E-state index is 12.9. The first-order valence-corrected chi connectivity index (χ1v) is 13.6. The summed E-state index contributed by atoms with van der Waals surface area (Å²) in [5.74, 6) is -0.188. The van der Waals surface area contributed by atoms with Crippen molar-refractivity contribution in [3.63, 3.8) is 0 Å². The summed E-state index contributed by atoms with van der Waals surface area (Å²) in [5.41, 5.74) is 0. The Kier molecular flexibility index (Phi) is 8.74. The third-order valence-corrected chi connectivity index (χ3v) is 9.25. The van der Waals surface area contributed by atoms with E-state index in [4.69, 9.17) is 0 Å². The van der Waals surface area contributed by atoms with Gasteiger partial charge in [-0.3, -0.25) is 10.1 Å². The quantitative estimate of drug-likeness (QED) is 0.596. The standard InChI is InChI=1S/C21H34N4O4S2/c1-2-3-12-22-20(26)17-9-8-13-24(16-17)21(27)23-18-10-11-19(30-18)31(28,29)25-14-6-4-5-7-15-25/h10-11,17H,2-9,12-16H2,1H3,(H,22,26)(H,23,27)/t17-/m1/s1. The average molecular weight is 471 g/mol. The number of thiophene rings is 1. The van der Waals surface area contributed by atoms with E-state index < -0.39 is 10.0 Å². The Balaban J connectivity index is 1.57. The van der Waals surface area contributed by atoms with Crippen molar-refractivity contribution < 1.29 is 18.0 Å². The second-order valence-corrected chi connectivity index (χ2v) is 11.5. The number of amides is 3.